The Morgan fingerprint density at radius 3 is 2.88 bits per heavy atom. The fourth-order valence-corrected chi connectivity index (χ4v) is 3.80. The van der Waals surface area contributed by atoms with Gasteiger partial charge in [0.05, 0.1) is 6.54 Å². The second-order valence-electron chi connectivity index (χ2n) is 5.89. The molecule has 2 atom stereocenters. The highest BCUT2D eigenvalue weighted by atomic mass is 127. The van der Waals surface area contributed by atoms with Crippen LogP contribution in [0, 0.1) is 0 Å². The van der Waals surface area contributed by atoms with Crippen molar-refractivity contribution < 1.29 is 9.47 Å². The molecule has 1 heterocycles. The van der Waals surface area contributed by atoms with Gasteiger partial charge in [-0.2, -0.15) is 11.8 Å². The van der Waals surface area contributed by atoms with Crippen LogP contribution in [-0.4, -0.2) is 36.8 Å². The first-order chi connectivity index (χ1) is 11.3. The number of aliphatic imine (C=N–C) groups is 1. The fraction of sp³-hybridized carbons (Fsp3) is 0.588. The van der Waals surface area contributed by atoms with Gasteiger partial charge >= 0.3 is 0 Å². The maximum atomic E-state index is 5.42. The molecule has 0 spiro atoms. The summed E-state index contributed by atoms with van der Waals surface area (Å²) in [7, 11) is 0. The largest absolute Gasteiger partial charge is 0.454 e. The third-order valence-electron chi connectivity index (χ3n) is 4.26. The summed E-state index contributed by atoms with van der Waals surface area (Å²) >= 11 is 1.97. The number of rotatable bonds is 5. The molecule has 1 fully saturated rings. The van der Waals surface area contributed by atoms with E-state index >= 15 is 0 Å². The normalized spacial score (nSPS) is 22.2. The van der Waals surface area contributed by atoms with Crippen LogP contribution >= 0.6 is 35.7 Å². The predicted molar refractivity (Wildman–Crippen MR) is 111 cm³/mol. The quantitative estimate of drug-likeness (QED) is 0.399. The Balaban J connectivity index is 0.00000208. The van der Waals surface area contributed by atoms with Gasteiger partial charge in [-0.1, -0.05) is 6.07 Å². The number of guanidine groups is 1. The van der Waals surface area contributed by atoms with Crippen molar-refractivity contribution in [3.63, 3.8) is 0 Å². The zero-order chi connectivity index (χ0) is 16.1. The van der Waals surface area contributed by atoms with Crippen LogP contribution in [0.1, 0.15) is 31.7 Å². The van der Waals surface area contributed by atoms with Gasteiger partial charge in [0.15, 0.2) is 17.5 Å². The second kappa shape index (κ2) is 9.60. The highest BCUT2D eigenvalue weighted by Crippen LogP contribution is 2.32. The van der Waals surface area contributed by atoms with Crippen LogP contribution in [0.3, 0.4) is 0 Å². The number of nitrogens with zero attached hydrogens (tertiary/aromatic N) is 1. The van der Waals surface area contributed by atoms with Crippen molar-refractivity contribution in [1.82, 2.24) is 10.6 Å². The molecule has 24 heavy (non-hydrogen) atoms. The average molecular weight is 463 g/mol. The van der Waals surface area contributed by atoms with Gasteiger partial charge in [-0.05, 0) is 50.1 Å². The van der Waals surface area contributed by atoms with Crippen LogP contribution in [0.15, 0.2) is 23.2 Å². The van der Waals surface area contributed by atoms with Gasteiger partial charge in [0, 0.05) is 17.8 Å². The molecule has 1 aliphatic carbocycles. The first-order valence-corrected chi connectivity index (χ1v) is 9.53. The van der Waals surface area contributed by atoms with E-state index in [9.17, 15) is 0 Å². The molecule has 1 aliphatic heterocycles. The molecule has 0 saturated heterocycles. The summed E-state index contributed by atoms with van der Waals surface area (Å²) < 4.78 is 10.8. The maximum absolute atomic E-state index is 5.42. The Hall–Kier alpha value is -0.830. The van der Waals surface area contributed by atoms with Crippen LogP contribution in [-0.2, 0) is 6.54 Å². The lowest BCUT2D eigenvalue weighted by Crippen LogP contribution is -2.42. The number of nitrogens with one attached hydrogen (secondary N) is 2. The van der Waals surface area contributed by atoms with Gasteiger partial charge in [0.1, 0.15) is 0 Å². The lowest BCUT2D eigenvalue weighted by molar-refractivity contribution is 0.174. The van der Waals surface area contributed by atoms with Crippen molar-refractivity contribution in [2.24, 2.45) is 4.99 Å². The highest BCUT2D eigenvalue weighted by molar-refractivity contribution is 14.0. The molecule has 0 bridgehead atoms. The molecule has 2 N–H and O–H groups in total. The van der Waals surface area contributed by atoms with E-state index in [-0.39, 0.29) is 24.0 Å². The van der Waals surface area contributed by atoms with E-state index in [0.29, 0.717) is 19.4 Å². The van der Waals surface area contributed by atoms with E-state index in [1.807, 2.05) is 30.0 Å². The molecule has 134 valence electrons. The first kappa shape index (κ1) is 19.5. The molecule has 5 nitrogen and oxygen atoms in total. The van der Waals surface area contributed by atoms with E-state index in [1.165, 1.54) is 19.3 Å². The van der Waals surface area contributed by atoms with Gasteiger partial charge < -0.3 is 20.1 Å². The lowest BCUT2D eigenvalue weighted by Gasteiger charge is -2.17. The van der Waals surface area contributed by atoms with Gasteiger partial charge in [0.25, 0.3) is 0 Å². The average Bonchev–Trinajstić information content (AvgIpc) is 3.21. The lowest BCUT2D eigenvalue weighted by atomic mass is 10.2. The molecule has 7 heteroatoms. The van der Waals surface area contributed by atoms with Crippen LogP contribution in [0.2, 0.25) is 0 Å². The molecule has 2 aliphatic rings. The predicted octanol–water partition coefficient (Wildman–Crippen LogP) is 3.37. The van der Waals surface area contributed by atoms with Crippen molar-refractivity contribution in [2.45, 2.75) is 44.0 Å². The summed E-state index contributed by atoms with van der Waals surface area (Å²) in [4.78, 5) is 4.71. The van der Waals surface area contributed by atoms with Crippen molar-refractivity contribution in [2.75, 3.05) is 19.6 Å². The van der Waals surface area contributed by atoms with E-state index in [4.69, 9.17) is 14.5 Å². The van der Waals surface area contributed by atoms with Gasteiger partial charge in [0.2, 0.25) is 6.79 Å². The maximum Gasteiger partial charge on any atom is 0.231 e. The zero-order valence-electron chi connectivity index (χ0n) is 14.2. The topological polar surface area (TPSA) is 54.9 Å². The first-order valence-electron chi connectivity index (χ1n) is 8.24. The van der Waals surface area contributed by atoms with Crippen molar-refractivity contribution in [3.8, 4) is 11.5 Å². The molecule has 0 aromatic heterocycles. The number of ether oxygens (including phenoxy) is 2. The smallest absolute Gasteiger partial charge is 0.231 e. The number of hydrogen-bond donors (Lipinski definition) is 2. The number of fused-ring (bicyclic) bond motifs is 1. The minimum atomic E-state index is 0. The van der Waals surface area contributed by atoms with Crippen LogP contribution < -0.4 is 20.1 Å². The molecular formula is C17H26IN3O2S. The number of hydrogen-bond acceptors (Lipinski definition) is 4. The van der Waals surface area contributed by atoms with E-state index in [1.54, 1.807) is 0 Å². The second-order valence-corrected chi connectivity index (χ2v) is 7.03. The molecule has 3 rings (SSSR count). The Morgan fingerprint density at radius 2 is 2.12 bits per heavy atom. The molecule has 1 aromatic rings. The SMILES string of the molecule is CCNC(=NCc1ccc2c(c1)OCO2)NC1CCC(SC)C1.I. The molecule has 0 amide bonds. The highest BCUT2D eigenvalue weighted by Gasteiger charge is 2.24. The Bertz CT molecular complexity index is 571. The third-order valence-corrected chi connectivity index (χ3v) is 5.35. The van der Waals surface area contributed by atoms with Gasteiger partial charge in [-0.25, -0.2) is 4.99 Å². The number of thioether (sulfide) groups is 1. The van der Waals surface area contributed by atoms with E-state index in [2.05, 4.69) is 23.8 Å². The van der Waals surface area contributed by atoms with Crippen LogP contribution in [0.5, 0.6) is 11.5 Å². The molecule has 0 radical (unpaired) electrons. The minimum Gasteiger partial charge on any atom is -0.454 e. The van der Waals surface area contributed by atoms with Crippen molar-refractivity contribution in [3.05, 3.63) is 23.8 Å². The zero-order valence-corrected chi connectivity index (χ0v) is 17.4. The molecule has 1 aromatic carbocycles. The van der Waals surface area contributed by atoms with Crippen LogP contribution in [0.4, 0.5) is 0 Å². The van der Waals surface area contributed by atoms with Crippen molar-refractivity contribution in [1.29, 1.82) is 0 Å². The van der Waals surface area contributed by atoms with Gasteiger partial charge in [-0.15, -0.1) is 24.0 Å². The number of halogens is 1. The summed E-state index contributed by atoms with van der Waals surface area (Å²) in [5.74, 6) is 2.53. The summed E-state index contributed by atoms with van der Waals surface area (Å²) in [6, 6.07) is 6.53. The minimum absolute atomic E-state index is 0. The summed E-state index contributed by atoms with van der Waals surface area (Å²) in [5.41, 5.74) is 1.12. The van der Waals surface area contributed by atoms with Crippen LogP contribution in [0.25, 0.3) is 0 Å². The molecule has 1 saturated carbocycles. The summed E-state index contributed by atoms with van der Waals surface area (Å²) in [6.45, 7) is 3.90. The number of benzene rings is 1. The van der Waals surface area contributed by atoms with E-state index < -0.39 is 0 Å². The summed E-state index contributed by atoms with van der Waals surface area (Å²) in [5, 5.41) is 7.70. The molecular weight excluding hydrogens is 437 g/mol. The Kier molecular flexibility index (Phi) is 7.80. The monoisotopic (exact) mass is 463 g/mol. The van der Waals surface area contributed by atoms with E-state index in [0.717, 1.165) is 34.8 Å². The fourth-order valence-electron chi connectivity index (χ4n) is 3.01. The Morgan fingerprint density at radius 1 is 1.29 bits per heavy atom. The Labute approximate surface area is 165 Å². The van der Waals surface area contributed by atoms with Crippen molar-refractivity contribution >= 4 is 41.7 Å². The third kappa shape index (κ3) is 5.08. The summed E-state index contributed by atoms with van der Waals surface area (Å²) in [6.07, 6.45) is 5.93. The molecule has 2 unspecified atom stereocenters. The van der Waals surface area contributed by atoms with Gasteiger partial charge in [-0.3, -0.25) is 0 Å². The standard InChI is InChI=1S/C17H25N3O2S.HI/c1-3-18-17(20-13-5-6-14(9-13)23-2)19-10-12-4-7-15-16(8-12)22-11-21-15;/h4,7-8,13-14H,3,5-6,9-11H2,1-2H3,(H2,18,19,20);1H.